The molecule has 0 aromatic heterocycles. The monoisotopic (exact) mass is 286 g/mol. The summed E-state index contributed by atoms with van der Waals surface area (Å²) in [6.07, 6.45) is 4.07. The van der Waals surface area contributed by atoms with E-state index in [4.69, 9.17) is 0 Å². The van der Waals surface area contributed by atoms with Crippen molar-refractivity contribution in [1.29, 1.82) is 0 Å². The van der Waals surface area contributed by atoms with Crippen molar-refractivity contribution >= 4 is 11.7 Å². The third kappa shape index (κ3) is 3.50. The van der Waals surface area contributed by atoms with Gasteiger partial charge in [-0.05, 0) is 19.3 Å². The van der Waals surface area contributed by atoms with Gasteiger partial charge in [-0.2, -0.15) is 0 Å². The van der Waals surface area contributed by atoms with E-state index in [-0.39, 0.29) is 11.7 Å². The third-order valence-corrected chi connectivity index (χ3v) is 4.54. The molecule has 2 bridgehead atoms. The maximum absolute atomic E-state index is 12.3. The van der Waals surface area contributed by atoms with Crippen LogP contribution in [-0.2, 0) is 4.79 Å². The van der Waals surface area contributed by atoms with E-state index in [1.165, 1.54) is 6.42 Å². The molecule has 3 rings (SSSR count). The lowest BCUT2D eigenvalue weighted by molar-refractivity contribution is -0.131. The van der Waals surface area contributed by atoms with Crippen molar-refractivity contribution < 1.29 is 9.59 Å². The first kappa shape index (κ1) is 14.3. The smallest absolute Gasteiger partial charge is 0.223 e. The lowest BCUT2D eigenvalue weighted by atomic mass is 10.1. The summed E-state index contributed by atoms with van der Waals surface area (Å²) in [4.78, 5) is 26.3. The number of Topliss-reactive ketones (excluding diaryl/α,β-unsaturated/α-hetero) is 1. The van der Waals surface area contributed by atoms with Gasteiger partial charge in [0.15, 0.2) is 5.78 Å². The SMILES string of the molecule is O=C(CCC(=O)N1CCC2CCC(C1)N2)c1ccccc1. The topological polar surface area (TPSA) is 49.4 Å². The normalized spacial score (nSPS) is 24.7. The Labute approximate surface area is 125 Å². The maximum Gasteiger partial charge on any atom is 0.223 e. The summed E-state index contributed by atoms with van der Waals surface area (Å²) in [5, 5.41) is 3.57. The zero-order chi connectivity index (χ0) is 14.7. The predicted molar refractivity (Wildman–Crippen MR) is 81.1 cm³/mol. The molecule has 2 heterocycles. The summed E-state index contributed by atoms with van der Waals surface area (Å²) in [7, 11) is 0. The van der Waals surface area contributed by atoms with Crippen LogP contribution in [0.25, 0.3) is 0 Å². The Kier molecular flexibility index (Phi) is 4.34. The summed E-state index contributed by atoms with van der Waals surface area (Å²) in [5.74, 6) is 0.173. The molecular formula is C17H22N2O2. The number of hydrogen-bond acceptors (Lipinski definition) is 3. The van der Waals surface area contributed by atoms with Gasteiger partial charge in [-0.25, -0.2) is 0 Å². The molecule has 4 nitrogen and oxygen atoms in total. The molecule has 2 saturated heterocycles. The van der Waals surface area contributed by atoms with E-state index in [0.29, 0.717) is 30.5 Å². The molecule has 1 aromatic carbocycles. The number of amides is 1. The Morgan fingerprint density at radius 2 is 1.81 bits per heavy atom. The van der Waals surface area contributed by atoms with Gasteiger partial charge < -0.3 is 10.2 Å². The quantitative estimate of drug-likeness (QED) is 0.861. The number of hydrogen-bond donors (Lipinski definition) is 1. The Balaban J connectivity index is 1.51. The zero-order valence-electron chi connectivity index (χ0n) is 12.3. The first-order valence-corrected chi connectivity index (χ1v) is 7.84. The number of fused-ring (bicyclic) bond motifs is 2. The second-order valence-electron chi connectivity index (χ2n) is 6.06. The summed E-state index contributed by atoms with van der Waals surface area (Å²) < 4.78 is 0. The van der Waals surface area contributed by atoms with Crippen LogP contribution in [0, 0.1) is 0 Å². The molecule has 1 amide bonds. The second kappa shape index (κ2) is 6.39. The summed E-state index contributed by atoms with van der Waals surface area (Å²) in [6, 6.07) is 10.2. The molecule has 1 N–H and O–H groups in total. The zero-order valence-corrected chi connectivity index (χ0v) is 12.3. The van der Waals surface area contributed by atoms with Gasteiger partial charge in [0, 0.05) is 43.6 Å². The van der Waals surface area contributed by atoms with Gasteiger partial charge in [0.25, 0.3) is 0 Å². The van der Waals surface area contributed by atoms with Crippen molar-refractivity contribution in [3.63, 3.8) is 0 Å². The molecule has 0 radical (unpaired) electrons. The van der Waals surface area contributed by atoms with E-state index in [2.05, 4.69) is 5.32 Å². The van der Waals surface area contributed by atoms with Crippen LogP contribution in [0.3, 0.4) is 0 Å². The molecule has 21 heavy (non-hydrogen) atoms. The molecule has 0 aliphatic carbocycles. The maximum atomic E-state index is 12.3. The van der Waals surface area contributed by atoms with Gasteiger partial charge >= 0.3 is 0 Å². The van der Waals surface area contributed by atoms with Crippen LogP contribution in [0.2, 0.25) is 0 Å². The standard InChI is InChI=1S/C17H22N2O2/c20-16(13-4-2-1-3-5-13)8-9-17(21)19-11-10-14-6-7-15(12-19)18-14/h1-5,14-15,18H,6-12H2. The van der Waals surface area contributed by atoms with E-state index in [9.17, 15) is 9.59 Å². The highest BCUT2D eigenvalue weighted by Gasteiger charge is 2.30. The van der Waals surface area contributed by atoms with E-state index < -0.39 is 0 Å². The average molecular weight is 286 g/mol. The summed E-state index contributed by atoms with van der Waals surface area (Å²) in [6.45, 7) is 1.63. The highest BCUT2D eigenvalue weighted by atomic mass is 16.2. The van der Waals surface area contributed by atoms with E-state index in [1.54, 1.807) is 0 Å². The number of nitrogens with one attached hydrogen (secondary N) is 1. The van der Waals surface area contributed by atoms with Gasteiger partial charge in [-0.15, -0.1) is 0 Å². The fraction of sp³-hybridized carbons (Fsp3) is 0.529. The Hall–Kier alpha value is -1.68. The lowest BCUT2D eigenvalue weighted by Gasteiger charge is -2.24. The van der Waals surface area contributed by atoms with Crippen molar-refractivity contribution in [2.24, 2.45) is 0 Å². The van der Waals surface area contributed by atoms with Crippen molar-refractivity contribution in [3.8, 4) is 0 Å². The van der Waals surface area contributed by atoms with Crippen molar-refractivity contribution in [2.45, 2.75) is 44.2 Å². The molecule has 2 aliphatic rings. The first-order valence-electron chi connectivity index (χ1n) is 7.84. The highest BCUT2D eigenvalue weighted by Crippen LogP contribution is 2.21. The van der Waals surface area contributed by atoms with Crippen molar-refractivity contribution in [2.75, 3.05) is 13.1 Å². The van der Waals surface area contributed by atoms with Crippen LogP contribution in [-0.4, -0.2) is 41.8 Å². The van der Waals surface area contributed by atoms with Gasteiger partial charge in [0.05, 0.1) is 0 Å². The first-order chi connectivity index (χ1) is 10.2. The fourth-order valence-electron chi connectivity index (χ4n) is 3.32. The molecule has 2 aliphatic heterocycles. The molecular weight excluding hydrogens is 264 g/mol. The Morgan fingerprint density at radius 3 is 2.62 bits per heavy atom. The minimum atomic E-state index is 0.0541. The van der Waals surface area contributed by atoms with E-state index in [0.717, 1.165) is 25.9 Å². The number of carbonyl (C=O) groups excluding carboxylic acids is 2. The number of benzene rings is 1. The number of carbonyl (C=O) groups is 2. The molecule has 2 unspecified atom stereocenters. The molecule has 2 fully saturated rings. The molecule has 4 heteroatoms. The number of likely N-dealkylation sites (tertiary alicyclic amines) is 1. The van der Waals surface area contributed by atoms with Crippen LogP contribution < -0.4 is 5.32 Å². The minimum Gasteiger partial charge on any atom is -0.341 e. The number of rotatable bonds is 4. The van der Waals surface area contributed by atoms with Crippen LogP contribution in [0.15, 0.2) is 30.3 Å². The number of ketones is 1. The van der Waals surface area contributed by atoms with E-state index in [1.807, 2.05) is 35.2 Å². The van der Waals surface area contributed by atoms with E-state index >= 15 is 0 Å². The van der Waals surface area contributed by atoms with Crippen LogP contribution >= 0.6 is 0 Å². The molecule has 112 valence electrons. The fourth-order valence-corrected chi connectivity index (χ4v) is 3.32. The predicted octanol–water partition coefficient (Wildman–Crippen LogP) is 2.00. The van der Waals surface area contributed by atoms with Gasteiger partial charge in [-0.3, -0.25) is 9.59 Å². The van der Waals surface area contributed by atoms with Crippen molar-refractivity contribution in [1.82, 2.24) is 10.2 Å². The van der Waals surface area contributed by atoms with Gasteiger partial charge in [0.1, 0.15) is 0 Å². The van der Waals surface area contributed by atoms with Gasteiger partial charge in [-0.1, -0.05) is 30.3 Å². The molecule has 0 saturated carbocycles. The Bertz CT molecular complexity index is 515. The van der Waals surface area contributed by atoms with Crippen LogP contribution in [0.4, 0.5) is 0 Å². The van der Waals surface area contributed by atoms with Crippen molar-refractivity contribution in [3.05, 3.63) is 35.9 Å². The largest absolute Gasteiger partial charge is 0.341 e. The van der Waals surface area contributed by atoms with Crippen LogP contribution in [0.1, 0.15) is 42.5 Å². The third-order valence-electron chi connectivity index (χ3n) is 4.54. The number of nitrogens with zero attached hydrogens (tertiary/aromatic N) is 1. The minimum absolute atomic E-state index is 0.0541. The average Bonchev–Trinajstić information content (AvgIpc) is 2.84. The van der Waals surface area contributed by atoms with Gasteiger partial charge in [0.2, 0.25) is 5.91 Å². The molecule has 0 spiro atoms. The second-order valence-corrected chi connectivity index (χ2v) is 6.06. The molecule has 1 aromatic rings. The van der Waals surface area contributed by atoms with Crippen LogP contribution in [0.5, 0.6) is 0 Å². The summed E-state index contributed by atoms with van der Waals surface area (Å²) >= 11 is 0. The lowest BCUT2D eigenvalue weighted by Crippen LogP contribution is -2.39. The highest BCUT2D eigenvalue weighted by molar-refractivity contribution is 5.97. The summed E-state index contributed by atoms with van der Waals surface area (Å²) in [5.41, 5.74) is 0.696. The Morgan fingerprint density at radius 1 is 1.05 bits per heavy atom. The molecule has 2 atom stereocenters.